The number of hydrogen-bond donors (Lipinski definition) is 0. The fraction of sp³-hybridized carbons (Fsp3) is 0.476. The number of hydrogen-bond acceptors (Lipinski definition) is 1. The molecule has 0 fully saturated rings. The molecule has 0 aliphatic heterocycles. The van der Waals surface area contributed by atoms with Gasteiger partial charge in [-0.15, -0.1) is 5.54 Å². The van der Waals surface area contributed by atoms with Gasteiger partial charge in [-0.05, 0) is 47.5 Å². The van der Waals surface area contributed by atoms with Crippen LogP contribution in [0.3, 0.4) is 0 Å². The first-order valence-corrected chi connectivity index (χ1v) is 10.6. The van der Waals surface area contributed by atoms with Gasteiger partial charge in [0, 0.05) is 11.1 Å². The summed E-state index contributed by atoms with van der Waals surface area (Å²) in [5.74, 6) is 9.31. The van der Waals surface area contributed by atoms with Gasteiger partial charge in [-0.25, -0.2) is 0 Å². The molecule has 0 spiro atoms. The molecule has 0 aromatic heterocycles. The van der Waals surface area contributed by atoms with Crippen LogP contribution < -0.4 is 0 Å². The average molecular weight is 325 g/mol. The largest absolute Gasteiger partial charge is 0.295 e. The number of ketones is 1. The van der Waals surface area contributed by atoms with Gasteiger partial charge in [0.15, 0.2) is 5.78 Å². The van der Waals surface area contributed by atoms with E-state index in [9.17, 15) is 4.79 Å². The second-order valence-electron chi connectivity index (χ2n) is 7.03. The zero-order chi connectivity index (χ0) is 17.6. The molecule has 0 radical (unpaired) electrons. The van der Waals surface area contributed by atoms with Crippen LogP contribution in [0.2, 0.25) is 16.6 Å². The first kappa shape index (κ1) is 19.3. The zero-order valence-electron chi connectivity index (χ0n) is 15.4. The van der Waals surface area contributed by atoms with Gasteiger partial charge in [0.25, 0.3) is 0 Å². The van der Waals surface area contributed by atoms with Crippen LogP contribution in [-0.2, 0) is 0 Å². The van der Waals surface area contributed by atoms with Gasteiger partial charge < -0.3 is 0 Å². The molecule has 0 unspecified atom stereocenters. The molecule has 0 N–H and O–H groups in total. The van der Waals surface area contributed by atoms with E-state index in [4.69, 9.17) is 0 Å². The van der Waals surface area contributed by atoms with Crippen molar-refractivity contribution >= 4 is 13.9 Å². The van der Waals surface area contributed by atoms with E-state index in [1.807, 2.05) is 24.3 Å². The van der Waals surface area contributed by atoms with E-state index in [1.54, 1.807) is 6.92 Å². The number of rotatable bonds is 4. The van der Waals surface area contributed by atoms with E-state index in [2.05, 4.69) is 64.8 Å². The minimum atomic E-state index is -1.70. The summed E-state index contributed by atoms with van der Waals surface area (Å²) >= 11 is 0. The summed E-state index contributed by atoms with van der Waals surface area (Å²) in [5, 5.41) is 0. The number of carbonyl (C=O) groups excluding carboxylic acids is 1. The van der Waals surface area contributed by atoms with Gasteiger partial charge in [-0.2, -0.15) is 0 Å². The van der Waals surface area contributed by atoms with E-state index in [0.717, 1.165) is 5.56 Å². The molecule has 0 aliphatic rings. The van der Waals surface area contributed by atoms with Crippen molar-refractivity contribution in [2.75, 3.05) is 0 Å². The van der Waals surface area contributed by atoms with Gasteiger partial charge in [-0.1, -0.05) is 59.6 Å². The van der Waals surface area contributed by atoms with E-state index in [0.29, 0.717) is 22.2 Å². The Hall–Kier alpha value is -1.77. The van der Waals surface area contributed by atoms with E-state index >= 15 is 0 Å². The van der Waals surface area contributed by atoms with E-state index in [-0.39, 0.29) is 5.78 Å². The van der Waals surface area contributed by atoms with Gasteiger partial charge in [0.05, 0.1) is 0 Å². The highest BCUT2D eigenvalue weighted by Gasteiger charge is 2.41. The number of carbonyl (C=O) groups is 1. The van der Waals surface area contributed by atoms with Crippen molar-refractivity contribution in [3.8, 4) is 23.3 Å². The standard InChI is InChI=1S/C21H28OSi/c1-16(2)23(17(3)4,18(5)6)15-9-8-10-20-11-13-21(14-12-20)19(7)22/h11-14,16-18H,1-7H3. The Kier molecular flexibility index (Phi) is 6.86. The van der Waals surface area contributed by atoms with Crippen LogP contribution in [0.25, 0.3) is 0 Å². The Labute approximate surface area is 142 Å². The third-order valence-corrected chi connectivity index (χ3v) is 11.0. The Bertz CT molecular complexity index is 636. The Morgan fingerprint density at radius 1 is 0.870 bits per heavy atom. The molecule has 1 aromatic carbocycles. The van der Waals surface area contributed by atoms with Crippen molar-refractivity contribution in [2.45, 2.75) is 65.1 Å². The number of benzene rings is 1. The highest BCUT2D eigenvalue weighted by molar-refractivity contribution is 6.90. The molecule has 23 heavy (non-hydrogen) atoms. The van der Waals surface area contributed by atoms with Crippen molar-refractivity contribution in [3.63, 3.8) is 0 Å². The summed E-state index contributed by atoms with van der Waals surface area (Å²) in [6, 6.07) is 7.39. The Morgan fingerprint density at radius 2 is 1.35 bits per heavy atom. The molecule has 1 rings (SSSR count). The van der Waals surface area contributed by atoms with Crippen LogP contribution in [0.5, 0.6) is 0 Å². The second-order valence-corrected chi connectivity index (χ2v) is 12.6. The first-order chi connectivity index (χ1) is 10.7. The van der Waals surface area contributed by atoms with Crippen LogP contribution in [-0.4, -0.2) is 13.9 Å². The Morgan fingerprint density at radius 3 is 1.74 bits per heavy atom. The van der Waals surface area contributed by atoms with Gasteiger partial charge in [0.2, 0.25) is 0 Å². The second kappa shape index (κ2) is 8.18. The lowest BCUT2D eigenvalue weighted by Crippen LogP contribution is -2.43. The van der Waals surface area contributed by atoms with Crippen LogP contribution in [0.15, 0.2) is 24.3 Å². The minimum Gasteiger partial charge on any atom is -0.295 e. The van der Waals surface area contributed by atoms with Gasteiger partial charge in [-0.3, -0.25) is 4.79 Å². The maximum atomic E-state index is 11.3. The van der Waals surface area contributed by atoms with E-state index in [1.165, 1.54) is 0 Å². The lowest BCUT2D eigenvalue weighted by Gasteiger charge is -2.37. The van der Waals surface area contributed by atoms with Crippen LogP contribution >= 0.6 is 0 Å². The predicted octanol–water partition coefficient (Wildman–Crippen LogP) is 5.46. The summed E-state index contributed by atoms with van der Waals surface area (Å²) in [7, 11) is -1.70. The van der Waals surface area contributed by atoms with Crippen molar-refractivity contribution in [1.29, 1.82) is 0 Å². The highest BCUT2D eigenvalue weighted by Crippen LogP contribution is 2.40. The maximum absolute atomic E-state index is 11.3. The summed E-state index contributed by atoms with van der Waals surface area (Å²) in [6.45, 7) is 15.4. The zero-order valence-corrected chi connectivity index (χ0v) is 16.4. The molecule has 0 heterocycles. The molecular weight excluding hydrogens is 296 g/mol. The molecular formula is C21H28OSi. The summed E-state index contributed by atoms with van der Waals surface area (Å²) in [5.41, 5.74) is 7.06. The normalized spacial score (nSPS) is 11.0. The van der Waals surface area contributed by atoms with Crippen molar-refractivity contribution in [2.24, 2.45) is 0 Å². The van der Waals surface area contributed by atoms with Crippen LogP contribution in [0, 0.1) is 23.3 Å². The topological polar surface area (TPSA) is 17.1 Å². The quantitative estimate of drug-likeness (QED) is 0.408. The molecule has 0 amide bonds. The average Bonchev–Trinajstić information content (AvgIpc) is 2.46. The van der Waals surface area contributed by atoms with E-state index < -0.39 is 8.07 Å². The molecule has 1 aromatic rings. The summed E-state index contributed by atoms with van der Waals surface area (Å²) in [4.78, 5) is 11.3. The van der Waals surface area contributed by atoms with Crippen molar-refractivity contribution in [3.05, 3.63) is 35.4 Å². The number of Topliss-reactive ketones (excluding diaryl/α,β-unsaturated/α-hetero) is 1. The van der Waals surface area contributed by atoms with Gasteiger partial charge >= 0.3 is 0 Å². The third-order valence-electron chi connectivity index (χ3n) is 4.71. The fourth-order valence-electron chi connectivity index (χ4n) is 3.46. The Balaban J connectivity index is 3.05. The lowest BCUT2D eigenvalue weighted by atomic mass is 10.1. The molecule has 2 heteroatoms. The molecule has 1 nitrogen and oxygen atoms in total. The molecule has 0 saturated carbocycles. The molecule has 0 saturated heterocycles. The molecule has 0 aliphatic carbocycles. The van der Waals surface area contributed by atoms with Gasteiger partial charge in [0.1, 0.15) is 8.07 Å². The SMILES string of the molecule is CC(=O)c1ccc(C#CC#C[Si](C(C)C)(C(C)C)C(C)C)cc1. The maximum Gasteiger partial charge on any atom is 0.159 e. The third kappa shape index (κ3) is 4.60. The minimum absolute atomic E-state index is 0.0749. The molecule has 0 atom stereocenters. The van der Waals surface area contributed by atoms with Crippen molar-refractivity contribution in [1.82, 2.24) is 0 Å². The lowest BCUT2D eigenvalue weighted by molar-refractivity contribution is 0.101. The smallest absolute Gasteiger partial charge is 0.159 e. The molecule has 122 valence electrons. The fourth-order valence-corrected chi connectivity index (χ4v) is 8.61. The summed E-state index contributed by atoms with van der Waals surface area (Å²) in [6.07, 6.45) is 0. The van der Waals surface area contributed by atoms with Crippen LogP contribution in [0.4, 0.5) is 0 Å². The summed E-state index contributed by atoms with van der Waals surface area (Å²) < 4.78 is 0. The first-order valence-electron chi connectivity index (χ1n) is 8.36. The molecule has 0 bridgehead atoms. The monoisotopic (exact) mass is 324 g/mol. The highest BCUT2D eigenvalue weighted by atomic mass is 28.3. The van der Waals surface area contributed by atoms with Crippen molar-refractivity contribution < 1.29 is 4.79 Å². The predicted molar refractivity (Wildman–Crippen MR) is 102 cm³/mol. The van der Waals surface area contributed by atoms with Crippen LogP contribution in [0.1, 0.15) is 64.4 Å².